The number of amides is 1. The molecule has 1 atom stereocenters. The molecule has 0 aliphatic carbocycles. The van der Waals surface area contributed by atoms with Gasteiger partial charge in [0.15, 0.2) is 0 Å². The lowest BCUT2D eigenvalue weighted by atomic mass is 10.1. The highest BCUT2D eigenvalue weighted by Crippen LogP contribution is 2.34. The first kappa shape index (κ1) is 16.3. The van der Waals surface area contributed by atoms with Gasteiger partial charge in [-0.05, 0) is 29.5 Å². The van der Waals surface area contributed by atoms with Crippen molar-refractivity contribution in [3.63, 3.8) is 0 Å². The van der Waals surface area contributed by atoms with Crippen LogP contribution in [-0.2, 0) is 11.3 Å². The Kier molecular flexibility index (Phi) is 4.79. The molecule has 0 N–H and O–H groups in total. The van der Waals surface area contributed by atoms with Gasteiger partial charge in [-0.2, -0.15) is 11.8 Å². The van der Waals surface area contributed by atoms with Gasteiger partial charge < -0.3 is 9.47 Å². The highest BCUT2D eigenvalue weighted by atomic mass is 32.2. The van der Waals surface area contributed by atoms with Crippen LogP contribution in [-0.4, -0.2) is 34.2 Å². The standard InChI is InChI=1S/C21H22N2OS/c24-21(16-23-12-10-17-6-4-5-9-19(17)23)22-13-11-20(25-15-14-22)18-7-2-1-3-8-18/h1-10,12,20H,11,13-16H2/t20-/m1/s1. The summed E-state index contributed by atoms with van der Waals surface area (Å²) in [6.45, 7) is 2.10. The quantitative estimate of drug-likeness (QED) is 0.702. The van der Waals surface area contributed by atoms with Gasteiger partial charge in [-0.25, -0.2) is 0 Å². The zero-order valence-electron chi connectivity index (χ0n) is 14.2. The minimum absolute atomic E-state index is 0.218. The zero-order valence-corrected chi connectivity index (χ0v) is 15.0. The summed E-state index contributed by atoms with van der Waals surface area (Å²) >= 11 is 1.97. The predicted octanol–water partition coefficient (Wildman–Crippen LogP) is 4.35. The van der Waals surface area contributed by atoms with Crippen LogP contribution < -0.4 is 0 Å². The van der Waals surface area contributed by atoms with E-state index >= 15 is 0 Å². The van der Waals surface area contributed by atoms with E-state index in [-0.39, 0.29) is 5.91 Å². The van der Waals surface area contributed by atoms with Crippen molar-refractivity contribution in [1.82, 2.24) is 9.47 Å². The second-order valence-corrected chi connectivity index (χ2v) is 7.75. The Morgan fingerprint density at radius 2 is 1.80 bits per heavy atom. The van der Waals surface area contributed by atoms with Gasteiger partial charge in [-0.1, -0.05) is 48.5 Å². The smallest absolute Gasteiger partial charge is 0.242 e. The van der Waals surface area contributed by atoms with E-state index in [0.29, 0.717) is 11.8 Å². The highest BCUT2D eigenvalue weighted by Gasteiger charge is 2.22. The minimum Gasteiger partial charge on any atom is -0.340 e. The summed E-state index contributed by atoms with van der Waals surface area (Å²) in [5.41, 5.74) is 2.50. The second-order valence-electron chi connectivity index (χ2n) is 6.44. The number of hydrogen-bond donors (Lipinski definition) is 0. The van der Waals surface area contributed by atoms with E-state index in [4.69, 9.17) is 0 Å². The molecule has 3 aromatic rings. The maximum Gasteiger partial charge on any atom is 0.242 e. The van der Waals surface area contributed by atoms with Crippen molar-refractivity contribution in [1.29, 1.82) is 0 Å². The summed E-state index contributed by atoms with van der Waals surface area (Å²) in [4.78, 5) is 14.8. The fourth-order valence-corrected chi connectivity index (χ4v) is 4.71. The largest absolute Gasteiger partial charge is 0.340 e. The third-order valence-corrected chi connectivity index (χ3v) is 6.18. The Hall–Kier alpha value is -2.20. The molecular weight excluding hydrogens is 328 g/mol. The lowest BCUT2D eigenvalue weighted by molar-refractivity contribution is -0.131. The first-order valence-electron chi connectivity index (χ1n) is 8.79. The third-order valence-electron chi connectivity index (χ3n) is 4.85. The van der Waals surface area contributed by atoms with E-state index in [1.807, 2.05) is 35.0 Å². The van der Waals surface area contributed by atoms with Crippen LogP contribution >= 0.6 is 11.8 Å². The van der Waals surface area contributed by atoms with Crippen LogP contribution in [0.1, 0.15) is 17.2 Å². The van der Waals surface area contributed by atoms with Gasteiger partial charge in [0.1, 0.15) is 6.54 Å². The number of para-hydroxylation sites is 1. The molecule has 1 aliphatic rings. The SMILES string of the molecule is O=C(Cn1ccc2ccccc21)N1CCS[C@@H](c2ccccc2)CC1. The molecule has 0 spiro atoms. The van der Waals surface area contributed by atoms with Crippen LogP contribution in [0.4, 0.5) is 0 Å². The number of hydrogen-bond acceptors (Lipinski definition) is 2. The molecule has 0 unspecified atom stereocenters. The van der Waals surface area contributed by atoms with Crippen LogP contribution in [0.2, 0.25) is 0 Å². The van der Waals surface area contributed by atoms with Gasteiger partial charge in [-0.15, -0.1) is 0 Å². The highest BCUT2D eigenvalue weighted by molar-refractivity contribution is 7.99. The Labute approximate surface area is 152 Å². The van der Waals surface area contributed by atoms with Gasteiger partial charge in [0, 0.05) is 35.8 Å². The number of carbonyl (C=O) groups excluding carboxylic acids is 1. The van der Waals surface area contributed by atoms with Gasteiger partial charge in [0.25, 0.3) is 0 Å². The summed E-state index contributed by atoms with van der Waals surface area (Å²) in [7, 11) is 0. The molecule has 0 bridgehead atoms. The van der Waals surface area contributed by atoms with Crippen LogP contribution in [0.15, 0.2) is 66.9 Å². The van der Waals surface area contributed by atoms with Crippen molar-refractivity contribution < 1.29 is 4.79 Å². The van der Waals surface area contributed by atoms with Crippen LogP contribution in [0.5, 0.6) is 0 Å². The first-order valence-corrected chi connectivity index (χ1v) is 9.84. The molecule has 1 aromatic heterocycles. The number of fused-ring (bicyclic) bond motifs is 1. The molecular formula is C21H22N2OS. The summed E-state index contributed by atoms with van der Waals surface area (Å²) in [5, 5.41) is 1.68. The number of thioether (sulfide) groups is 1. The van der Waals surface area contributed by atoms with E-state index in [2.05, 4.69) is 53.1 Å². The van der Waals surface area contributed by atoms with E-state index in [1.54, 1.807) is 0 Å². The average Bonchev–Trinajstić information content (AvgIpc) is 2.90. The molecule has 2 heterocycles. The number of carbonyl (C=O) groups is 1. The molecule has 0 radical (unpaired) electrons. The normalized spacial score (nSPS) is 18.2. The Morgan fingerprint density at radius 1 is 1.00 bits per heavy atom. The molecule has 128 valence electrons. The molecule has 1 aliphatic heterocycles. The first-order chi connectivity index (χ1) is 12.3. The molecule has 25 heavy (non-hydrogen) atoms. The van der Waals surface area contributed by atoms with Gasteiger partial charge >= 0.3 is 0 Å². The summed E-state index contributed by atoms with van der Waals surface area (Å²) in [6, 6.07) is 20.9. The maximum atomic E-state index is 12.8. The van der Waals surface area contributed by atoms with Crippen molar-refractivity contribution in [2.75, 3.05) is 18.8 Å². The van der Waals surface area contributed by atoms with Gasteiger partial charge in [-0.3, -0.25) is 4.79 Å². The number of rotatable bonds is 3. The molecule has 1 amide bonds. The van der Waals surface area contributed by atoms with Crippen LogP contribution in [0, 0.1) is 0 Å². The maximum absolute atomic E-state index is 12.8. The van der Waals surface area contributed by atoms with Crippen molar-refractivity contribution in [2.24, 2.45) is 0 Å². The molecule has 1 fully saturated rings. The van der Waals surface area contributed by atoms with Crippen molar-refractivity contribution >= 4 is 28.6 Å². The lowest BCUT2D eigenvalue weighted by Gasteiger charge is -2.21. The summed E-state index contributed by atoms with van der Waals surface area (Å²) in [6.07, 6.45) is 3.04. The molecule has 3 nitrogen and oxygen atoms in total. The fraction of sp³-hybridized carbons (Fsp3) is 0.286. The zero-order chi connectivity index (χ0) is 17.1. The lowest BCUT2D eigenvalue weighted by Crippen LogP contribution is -2.35. The predicted molar refractivity (Wildman–Crippen MR) is 105 cm³/mol. The van der Waals surface area contributed by atoms with Gasteiger partial charge in [0.05, 0.1) is 0 Å². The van der Waals surface area contributed by atoms with Crippen molar-refractivity contribution in [3.05, 3.63) is 72.4 Å². The Bertz CT molecular complexity index is 858. The topological polar surface area (TPSA) is 25.2 Å². The number of benzene rings is 2. The van der Waals surface area contributed by atoms with Crippen LogP contribution in [0.25, 0.3) is 10.9 Å². The monoisotopic (exact) mass is 350 g/mol. The molecule has 0 saturated carbocycles. The minimum atomic E-state index is 0.218. The van der Waals surface area contributed by atoms with E-state index in [0.717, 1.165) is 30.8 Å². The summed E-state index contributed by atoms with van der Waals surface area (Å²) in [5.74, 6) is 1.22. The van der Waals surface area contributed by atoms with Gasteiger partial charge in [0.2, 0.25) is 5.91 Å². The van der Waals surface area contributed by atoms with Crippen molar-refractivity contribution in [3.8, 4) is 0 Å². The summed E-state index contributed by atoms with van der Waals surface area (Å²) < 4.78 is 2.06. The Morgan fingerprint density at radius 3 is 2.68 bits per heavy atom. The molecule has 4 rings (SSSR count). The van der Waals surface area contributed by atoms with Crippen LogP contribution in [0.3, 0.4) is 0 Å². The molecule has 4 heteroatoms. The average molecular weight is 350 g/mol. The molecule has 2 aromatic carbocycles. The fourth-order valence-electron chi connectivity index (χ4n) is 3.48. The van der Waals surface area contributed by atoms with E-state index < -0.39 is 0 Å². The number of nitrogens with zero attached hydrogens (tertiary/aromatic N) is 2. The van der Waals surface area contributed by atoms with E-state index in [9.17, 15) is 4.79 Å². The Balaban J connectivity index is 1.43. The number of aromatic nitrogens is 1. The second kappa shape index (κ2) is 7.36. The molecule has 1 saturated heterocycles. The van der Waals surface area contributed by atoms with E-state index in [1.165, 1.54) is 10.9 Å². The van der Waals surface area contributed by atoms with Crippen molar-refractivity contribution in [2.45, 2.75) is 18.2 Å². The third kappa shape index (κ3) is 3.59.